The highest BCUT2D eigenvalue weighted by molar-refractivity contribution is 6.30. The Morgan fingerprint density at radius 2 is 2.22 bits per heavy atom. The molecule has 1 aromatic carbocycles. The first-order chi connectivity index (χ1) is 8.69. The van der Waals surface area contributed by atoms with Crippen molar-refractivity contribution in [1.29, 1.82) is 0 Å². The van der Waals surface area contributed by atoms with E-state index in [-0.39, 0.29) is 6.04 Å². The average molecular weight is 264 g/mol. The van der Waals surface area contributed by atoms with Crippen molar-refractivity contribution in [2.24, 2.45) is 7.05 Å². The van der Waals surface area contributed by atoms with Crippen LogP contribution in [0.1, 0.15) is 24.2 Å². The van der Waals surface area contributed by atoms with Crippen molar-refractivity contribution in [3.05, 3.63) is 52.8 Å². The first kappa shape index (κ1) is 13.1. The van der Waals surface area contributed by atoms with Gasteiger partial charge >= 0.3 is 0 Å². The number of likely N-dealkylation sites (N-methyl/N-ethyl adjacent to an activating group) is 1. The number of aryl methyl sites for hydroxylation is 1. The summed E-state index contributed by atoms with van der Waals surface area (Å²) in [6.45, 7) is 3.02. The Balaban J connectivity index is 2.16. The van der Waals surface area contributed by atoms with Gasteiger partial charge in [0.15, 0.2) is 0 Å². The molecule has 96 valence electrons. The van der Waals surface area contributed by atoms with Gasteiger partial charge in [0.1, 0.15) is 0 Å². The molecule has 0 amide bonds. The lowest BCUT2D eigenvalue weighted by Crippen LogP contribution is -2.23. The molecule has 0 saturated heterocycles. The third kappa shape index (κ3) is 3.34. The number of nitrogens with zero attached hydrogens (tertiary/aromatic N) is 2. The molecule has 0 radical (unpaired) electrons. The van der Waals surface area contributed by atoms with Crippen molar-refractivity contribution in [3.63, 3.8) is 0 Å². The van der Waals surface area contributed by atoms with Crippen LogP contribution in [0, 0.1) is 0 Å². The standard InChI is InChI=1S/C14H18ClN3/c1-3-16-14(13-7-8-18(2)17-13)10-11-5-4-6-12(15)9-11/h4-9,14,16H,3,10H2,1-2H3. The van der Waals surface area contributed by atoms with E-state index in [0.717, 1.165) is 23.7 Å². The highest BCUT2D eigenvalue weighted by Gasteiger charge is 2.13. The topological polar surface area (TPSA) is 29.9 Å². The lowest BCUT2D eigenvalue weighted by molar-refractivity contribution is 0.528. The van der Waals surface area contributed by atoms with Crippen LogP contribution in [0.3, 0.4) is 0 Å². The Kier molecular flexibility index (Phi) is 4.39. The lowest BCUT2D eigenvalue weighted by Gasteiger charge is -2.15. The molecule has 1 aromatic heterocycles. The van der Waals surface area contributed by atoms with Gasteiger partial charge in [0, 0.05) is 18.3 Å². The van der Waals surface area contributed by atoms with E-state index in [9.17, 15) is 0 Å². The number of benzene rings is 1. The van der Waals surface area contributed by atoms with Crippen LogP contribution in [0.25, 0.3) is 0 Å². The average Bonchev–Trinajstić information content (AvgIpc) is 2.75. The first-order valence-corrected chi connectivity index (χ1v) is 6.54. The van der Waals surface area contributed by atoms with Crippen molar-refractivity contribution in [2.75, 3.05) is 6.54 Å². The summed E-state index contributed by atoms with van der Waals surface area (Å²) in [5.74, 6) is 0. The molecule has 18 heavy (non-hydrogen) atoms. The zero-order valence-electron chi connectivity index (χ0n) is 10.7. The predicted molar refractivity (Wildman–Crippen MR) is 74.8 cm³/mol. The minimum atomic E-state index is 0.231. The van der Waals surface area contributed by atoms with Gasteiger partial charge in [-0.2, -0.15) is 5.10 Å². The van der Waals surface area contributed by atoms with Gasteiger partial charge in [-0.25, -0.2) is 0 Å². The molecule has 2 aromatic rings. The second-order valence-electron chi connectivity index (χ2n) is 4.36. The van der Waals surface area contributed by atoms with E-state index in [4.69, 9.17) is 11.6 Å². The predicted octanol–water partition coefficient (Wildman–Crippen LogP) is 2.97. The highest BCUT2D eigenvalue weighted by Crippen LogP contribution is 2.19. The van der Waals surface area contributed by atoms with Gasteiger partial charge < -0.3 is 5.32 Å². The van der Waals surface area contributed by atoms with E-state index in [2.05, 4.69) is 29.5 Å². The minimum absolute atomic E-state index is 0.231. The fourth-order valence-corrected chi connectivity index (χ4v) is 2.26. The zero-order chi connectivity index (χ0) is 13.0. The summed E-state index contributed by atoms with van der Waals surface area (Å²) < 4.78 is 1.83. The number of aromatic nitrogens is 2. The first-order valence-electron chi connectivity index (χ1n) is 6.16. The van der Waals surface area contributed by atoms with Crippen LogP contribution in [0.5, 0.6) is 0 Å². The molecular weight excluding hydrogens is 246 g/mol. The smallest absolute Gasteiger partial charge is 0.0797 e. The maximum absolute atomic E-state index is 6.02. The molecule has 0 aliphatic carbocycles. The largest absolute Gasteiger partial charge is 0.309 e. The number of nitrogens with one attached hydrogen (secondary N) is 1. The molecule has 3 nitrogen and oxygen atoms in total. The van der Waals surface area contributed by atoms with Crippen LogP contribution in [0.4, 0.5) is 0 Å². The van der Waals surface area contributed by atoms with Crippen molar-refractivity contribution in [3.8, 4) is 0 Å². The van der Waals surface area contributed by atoms with E-state index in [1.54, 1.807) is 0 Å². The molecule has 0 aliphatic heterocycles. The normalized spacial score (nSPS) is 12.6. The molecule has 1 N–H and O–H groups in total. The summed E-state index contributed by atoms with van der Waals surface area (Å²) in [7, 11) is 1.94. The Hall–Kier alpha value is -1.32. The quantitative estimate of drug-likeness (QED) is 0.899. The summed E-state index contributed by atoms with van der Waals surface area (Å²) >= 11 is 6.02. The maximum atomic E-state index is 6.02. The summed E-state index contributed by atoms with van der Waals surface area (Å²) in [5.41, 5.74) is 2.29. The van der Waals surface area contributed by atoms with Crippen molar-refractivity contribution in [2.45, 2.75) is 19.4 Å². The van der Waals surface area contributed by atoms with Crippen LogP contribution in [-0.2, 0) is 13.5 Å². The van der Waals surface area contributed by atoms with Crippen LogP contribution < -0.4 is 5.32 Å². The minimum Gasteiger partial charge on any atom is -0.309 e. The molecular formula is C14H18ClN3. The summed E-state index contributed by atoms with van der Waals surface area (Å²) in [6.07, 6.45) is 2.86. The second-order valence-corrected chi connectivity index (χ2v) is 4.80. The molecule has 0 aliphatic rings. The lowest BCUT2D eigenvalue weighted by atomic mass is 10.0. The monoisotopic (exact) mass is 263 g/mol. The molecule has 1 unspecified atom stereocenters. The molecule has 0 spiro atoms. The number of halogens is 1. The maximum Gasteiger partial charge on any atom is 0.0797 e. The van der Waals surface area contributed by atoms with Crippen molar-refractivity contribution in [1.82, 2.24) is 15.1 Å². The van der Waals surface area contributed by atoms with Gasteiger partial charge in [0.05, 0.1) is 11.7 Å². The van der Waals surface area contributed by atoms with E-state index < -0.39 is 0 Å². The molecule has 1 atom stereocenters. The van der Waals surface area contributed by atoms with Gasteiger partial charge in [-0.15, -0.1) is 0 Å². The zero-order valence-corrected chi connectivity index (χ0v) is 11.5. The van der Waals surface area contributed by atoms with E-state index in [1.807, 2.05) is 36.1 Å². The molecule has 0 saturated carbocycles. The third-order valence-electron chi connectivity index (χ3n) is 2.87. The second kappa shape index (κ2) is 6.03. The molecule has 0 bridgehead atoms. The highest BCUT2D eigenvalue weighted by atomic mass is 35.5. The van der Waals surface area contributed by atoms with Crippen LogP contribution in [0.2, 0.25) is 5.02 Å². The van der Waals surface area contributed by atoms with Crippen molar-refractivity contribution < 1.29 is 0 Å². The Labute approximate surface area is 113 Å². The summed E-state index contributed by atoms with van der Waals surface area (Å²) in [6, 6.07) is 10.3. The van der Waals surface area contributed by atoms with Gasteiger partial charge in [-0.1, -0.05) is 30.7 Å². The van der Waals surface area contributed by atoms with Gasteiger partial charge in [0.25, 0.3) is 0 Å². The SMILES string of the molecule is CCNC(Cc1cccc(Cl)c1)c1ccn(C)n1. The molecule has 0 fully saturated rings. The summed E-state index contributed by atoms with van der Waals surface area (Å²) in [4.78, 5) is 0. The van der Waals surface area contributed by atoms with E-state index in [0.29, 0.717) is 0 Å². The van der Waals surface area contributed by atoms with Crippen LogP contribution >= 0.6 is 11.6 Å². The molecule has 1 heterocycles. The van der Waals surface area contributed by atoms with Gasteiger partial charge in [0.2, 0.25) is 0 Å². The van der Waals surface area contributed by atoms with Crippen molar-refractivity contribution >= 4 is 11.6 Å². The van der Waals surface area contributed by atoms with Crippen LogP contribution in [0.15, 0.2) is 36.5 Å². The fourth-order valence-electron chi connectivity index (χ4n) is 2.05. The van der Waals surface area contributed by atoms with Gasteiger partial charge in [-0.3, -0.25) is 4.68 Å². The number of rotatable bonds is 5. The third-order valence-corrected chi connectivity index (χ3v) is 3.11. The molecule has 2 rings (SSSR count). The number of hydrogen-bond acceptors (Lipinski definition) is 2. The number of hydrogen-bond donors (Lipinski definition) is 1. The fraction of sp³-hybridized carbons (Fsp3) is 0.357. The Bertz CT molecular complexity index is 507. The van der Waals surface area contributed by atoms with E-state index >= 15 is 0 Å². The van der Waals surface area contributed by atoms with Crippen LogP contribution in [-0.4, -0.2) is 16.3 Å². The van der Waals surface area contributed by atoms with E-state index in [1.165, 1.54) is 5.56 Å². The Morgan fingerprint density at radius 1 is 1.39 bits per heavy atom. The molecule has 4 heteroatoms. The summed E-state index contributed by atoms with van der Waals surface area (Å²) in [5, 5.41) is 8.71. The Morgan fingerprint density at radius 3 is 2.83 bits per heavy atom. The van der Waals surface area contributed by atoms with Gasteiger partial charge in [-0.05, 0) is 36.7 Å².